The highest BCUT2D eigenvalue weighted by Gasteiger charge is 2.36. The van der Waals surface area contributed by atoms with Crippen LogP contribution in [0.1, 0.15) is 36.4 Å². The molecule has 1 unspecified atom stereocenters. The summed E-state index contributed by atoms with van der Waals surface area (Å²) in [6, 6.07) is 11.7. The molecule has 0 radical (unpaired) electrons. The van der Waals surface area contributed by atoms with Crippen LogP contribution in [0, 0.1) is 6.92 Å². The van der Waals surface area contributed by atoms with E-state index in [0.29, 0.717) is 18.9 Å². The van der Waals surface area contributed by atoms with Gasteiger partial charge in [-0.05, 0) is 37.7 Å². The molecule has 7 nitrogen and oxygen atoms in total. The van der Waals surface area contributed by atoms with E-state index in [-0.39, 0.29) is 18.0 Å². The summed E-state index contributed by atoms with van der Waals surface area (Å²) in [6.07, 6.45) is 2.49. The first-order valence-corrected chi connectivity index (χ1v) is 9.45. The smallest absolute Gasteiger partial charge is 0.315 e. The van der Waals surface area contributed by atoms with Crippen molar-refractivity contribution < 1.29 is 9.59 Å². The number of amides is 3. The van der Waals surface area contributed by atoms with E-state index in [1.54, 1.807) is 9.58 Å². The molecule has 1 aliphatic carbocycles. The zero-order chi connectivity index (χ0) is 19.0. The number of carbonyl (C=O) groups excluding carboxylic acids is 2. The van der Waals surface area contributed by atoms with Crippen molar-refractivity contribution in [2.45, 2.75) is 44.2 Å². The topological polar surface area (TPSA) is 79.3 Å². The highest BCUT2D eigenvalue weighted by atomic mass is 16.2. The third-order valence-corrected chi connectivity index (χ3v) is 5.51. The van der Waals surface area contributed by atoms with Crippen LogP contribution in [0.5, 0.6) is 0 Å². The Morgan fingerprint density at radius 1 is 1.19 bits per heavy atom. The van der Waals surface area contributed by atoms with Crippen LogP contribution in [0.2, 0.25) is 0 Å². The van der Waals surface area contributed by atoms with Crippen molar-refractivity contribution in [1.29, 1.82) is 0 Å². The van der Waals surface area contributed by atoms with Crippen LogP contribution in [0.25, 0.3) is 0 Å². The Labute approximate surface area is 158 Å². The normalized spacial score (nSPS) is 24.6. The van der Waals surface area contributed by atoms with Gasteiger partial charge in [0.15, 0.2) is 0 Å². The van der Waals surface area contributed by atoms with Crippen molar-refractivity contribution in [2.75, 3.05) is 11.4 Å². The lowest BCUT2D eigenvalue weighted by Crippen LogP contribution is -2.51. The minimum absolute atomic E-state index is 0.0797. The van der Waals surface area contributed by atoms with Crippen molar-refractivity contribution in [2.24, 2.45) is 7.05 Å². The van der Waals surface area contributed by atoms with Gasteiger partial charge in [-0.15, -0.1) is 0 Å². The van der Waals surface area contributed by atoms with Gasteiger partial charge in [0.1, 0.15) is 11.9 Å². The van der Waals surface area contributed by atoms with Crippen LogP contribution in [0.15, 0.2) is 36.4 Å². The van der Waals surface area contributed by atoms with E-state index < -0.39 is 6.04 Å². The highest BCUT2D eigenvalue weighted by Crippen LogP contribution is 2.36. The maximum atomic E-state index is 12.7. The van der Waals surface area contributed by atoms with E-state index in [4.69, 9.17) is 0 Å². The Morgan fingerprint density at radius 2 is 1.93 bits per heavy atom. The molecule has 0 spiro atoms. The van der Waals surface area contributed by atoms with Crippen LogP contribution < -0.4 is 15.5 Å². The van der Waals surface area contributed by atoms with Crippen LogP contribution in [0.4, 0.5) is 10.6 Å². The lowest BCUT2D eigenvalue weighted by Gasteiger charge is -2.36. The Morgan fingerprint density at radius 3 is 2.59 bits per heavy atom. The number of nitrogens with one attached hydrogen (secondary N) is 2. The molecule has 2 N–H and O–H groups in total. The van der Waals surface area contributed by atoms with Gasteiger partial charge in [-0.2, -0.15) is 5.10 Å². The molecule has 2 aliphatic rings. The van der Waals surface area contributed by atoms with Gasteiger partial charge in [0, 0.05) is 25.7 Å². The number of hydrogen-bond donors (Lipinski definition) is 2. The fourth-order valence-corrected chi connectivity index (χ4v) is 4.01. The number of aromatic nitrogens is 2. The van der Waals surface area contributed by atoms with E-state index in [0.717, 1.165) is 24.4 Å². The van der Waals surface area contributed by atoms with Crippen LogP contribution in [0.3, 0.4) is 0 Å². The summed E-state index contributed by atoms with van der Waals surface area (Å²) in [5.41, 5.74) is 2.19. The van der Waals surface area contributed by atoms with Gasteiger partial charge in [0.05, 0.1) is 5.69 Å². The standard InChI is InChI=1S/C20H25N5O2/c1-13-10-18(24(2)23-13)25-9-8-17(19(25)26)22-20(27)21-16-11-15(12-16)14-6-4-3-5-7-14/h3-7,10,15-17H,8-9,11-12H2,1-2H3,(H2,21,22,27). The summed E-state index contributed by atoms with van der Waals surface area (Å²) in [4.78, 5) is 26.6. The molecule has 1 aliphatic heterocycles. The van der Waals surface area contributed by atoms with Crippen molar-refractivity contribution in [3.63, 3.8) is 0 Å². The summed E-state index contributed by atoms with van der Waals surface area (Å²) in [6.45, 7) is 2.48. The molecular formula is C20H25N5O2. The molecule has 4 rings (SSSR count). The third kappa shape index (κ3) is 3.54. The quantitative estimate of drug-likeness (QED) is 0.868. The fraction of sp³-hybridized carbons (Fsp3) is 0.450. The number of hydrogen-bond acceptors (Lipinski definition) is 3. The largest absolute Gasteiger partial charge is 0.335 e. The van der Waals surface area contributed by atoms with E-state index in [1.165, 1.54) is 5.56 Å². The zero-order valence-corrected chi connectivity index (χ0v) is 15.7. The average Bonchev–Trinajstić information content (AvgIpc) is 3.13. The van der Waals surface area contributed by atoms with Gasteiger partial charge in [0.25, 0.3) is 5.91 Å². The van der Waals surface area contributed by atoms with Gasteiger partial charge >= 0.3 is 6.03 Å². The number of rotatable bonds is 4. The monoisotopic (exact) mass is 367 g/mol. The first-order valence-electron chi connectivity index (χ1n) is 9.45. The Kier molecular flexibility index (Phi) is 4.59. The predicted octanol–water partition coefficient (Wildman–Crippen LogP) is 2.08. The molecule has 1 atom stereocenters. The zero-order valence-electron chi connectivity index (χ0n) is 15.7. The average molecular weight is 367 g/mol. The first-order chi connectivity index (χ1) is 13.0. The van der Waals surface area contributed by atoms with Gasteiger partial charge in [-0.1, -0.05) is 30.3 Å². The molecule has 0 bridgehead atoms. The lowest BCUT2D eigenvalue weighted by molar-refractivity contribution is -0.118. The molecule has 1 saturated heterocycles. The summed E-state index contributed by atoms with van der Waals surface area (Å²) >= 11 is 0. The summed E-state index contributed by atoms with van der Waals surface area (Å²) in [5.74, 6) is 1.20. The third-order valence-electron chi connectivity index (χ3n) is 5.51. The maximum Gasteiger partial charge on any atom is 0.315 e. The Hall–Kier alpha value is -2.83. The summed E-state index contributed by atoms with van der Waals surface area (Å²) in [7, 11) is 1.82. The number of aryl methyl sites for hydroxylation is 2. The minimum atomic E-state index is -0.481. The fourth-order valence-electron chi connectivity index (χ4n) is 4.01. The number of anilines is 1. The second-order valence-electron chi connectivity index (χ2n) is 7.49. The molecule has 27 heavy (non-hydrogen) atoms. The van der Waals surface area contributed by atoms with E-state index >= 15 is 0 Å². The molecular weight excluding hydrogens is 342 g/mol. The molecule has 142 valence electrons. The van der Waals surface area contributed by atoms with E-state index in [1.807, 2.05) is 38.2 Å². The molecule has 2 fully saturated rings. The molecule has 1 saturated carbocycles. The van der Waals surface area contributed by atoms with Crippen molar-refractivity contribution in [3.8, 4) is 0 Å². The Bertz CT molecular complexity index is 841. The van der Waals surface area contributed by atoms with Gasteiger partial charge in [0.2, 0.25) is 0 Å². The van der Waals surface area contributed by atoms with Crippen LogP contribution in [-0.2, 0) is 11.8 Å². The molecule has 1 aromatic carbocycles. The van der Waals surface area contributed by atoms with Crippen molar-refractivity contribution in [3.05, 3.63) is 47.7 Å². The predicted molar refractivity (Wildman–Crippen MR) is 103 cm³/mol. The lowest BCUT2D eigenvalue weighted by atomic mass is 9.76. The van der Waals surface area contributed by atoms with Crippen molar-refractivity contribution >= 4 is 17.8 Å². The second kappa shape index (κ2) is 7.06. The van der Waals surface area contributed by atoms with Gasteiger partial charge in [-0.3, -0.25) is 14.4 Å². The maximum absolute atomic E-state index is 12.7. The van der Waals surface area contributed by atoms with Crippen molar-refractivity contribution in [1.82, 2.24) is 20.4 Å². The second-order valence-corrected chi connectivity index (χ2v) is 7.49. The molecule has 3 amide bonds. The molecule has 7 heteroatoms. The molecule has 1 aromatic heterocycles. The van der Waals surface area contributed by atoms with E-state index in [9.17, 15) is 9.59 Å². The number of urea groups is 1. The minimum Gasteiger partial charge on any atom is -0.335 e. The SMILES string of the molecule is Cc1cc(N2CCC(NC(=O)NC3CC(c4ccccc4)C3)C2=O)n(C)n1. The first kappa shape index (κ1) is 17.6. The molecule has 2 aromatic rings. The van der Waals surface area contributed by atoms with Gasteiger partial charge in [-0.25, -0.2) is 4.79 Å². The van der Waals surface area contributed by atoms with E-state index in [2.05, 4.69) is 27.9 Å². The Balaban J connectivity index is 1.27. The highest BCUT2D eigenvalue weighted by molar-refractivity contribution is 6.00. The van der Waals surface area contributed by atoms with Crippen LogP contribution >= 0.6 is 0 Å². The number of benzene rings is 1. The number of nitrogens with zero attached hydrogens (tertiary/aromatic N) is 3. The molecule has 2 heterocycles. The van der Waals surface area contributed by atoms with Crippen LogP contribution in [-0.4, -0.2) is 40.3 Å². The summed E-state index contributed by atoms with van der Waals surface area (Å²) in [5, 5.41) is 10.1. The summed E-state index contributed by atoms with van der Waals surface area (Å²) < 4.78 is 1.70. The van der Waals surface area contributed by atoms with Gasteiger partial charge < -0.3 is 10.6 Å². The number of carbonyl (C=O) groups is 2.